The molecule has 19 heteroatoms. The van der Waals surface area contributed by atoms with Crippen LogP contribution in [-0.2, 0) is 30.6 Å². The van der Waals surface area contributed by atoms with Crippen molar-refractivity contribution in [2.45, 2.75) is 99.4 Å². The molecule has 8 rings (SSSR count). The number of hydrogen-bond acceptors (Lipinski definition) is 10. The average Bonchev–Trinajstić information content (AvgIpc) is 4.04. The highest BCUT2D eigenvalue weighted by molar-refractivity contribution is 7.91. The van der Waals surface area contributed by atoms with Crippen molar-refractivity contribution in [3.05, 3.63) is 66.2 Å². The number of alkyl halides is 3. The summed E-state index contributed by atoms with van der Waals surface area (Å²) in [5.74, 6) is -2.72. The van der Waals surface area contributed by atoms with E-state index in [1.807, 2.05) is 12.2 Å². The number of furan rings is 1. The SMILES string of the molecule is CN(C)C(=O)N[C@H]1CCCCCC=C[C@@H]2C[C@@]2(C(=O)NS(=O)(=O)C2(C)CC2)NC(=O)[C@@H]2C[C@@H](Oc3nc(-c4ccc(C(F)(F)F)cc4)nc4c3oc3ccccc34)CN2C1=O. The van der Waals surface area contributed by atoms with Gasteiger partial charge in [-0.25, -0.2) is 18.2 Å². The predicted molar refractivity (Wildman–Crippen MR) is 216 cm³/mol. The molecule has 2 aliphatic carbocycles. The molecule has 324 valence electrons. The Hall–Kier alpha value is -5.72. The molecule has 2 saturated carbocycles. The zero-order chi connectivity index (χ0) is 43.5. The molecule has 3 N–H and O–H groups in total. The lowest BCUT2D eigenvalue weighted by Gasteiger charge is -2.30. The second-order valence-electron chi connectivity index (χ2n) is 16.8. The van der Waals surface area contributed by atoms with E-state index in [-0.39, 0.29) is 48.7 Å². The van der Waals surface area contributed by atoms with Gasteiger partial charge in [0.15, 0.2) is 5.82 Å². The Morgan fingerprint density at radius 2 is 1.77 bits per heavy atom. The first kappa shape index (κ1) is 42.0. The Morgan fingerprint density at radius 1 is 1.03 bits per heavy atom. The van der Waals surface area contributed by atoms with Gasteiger partial charge < -0.3 is 29.6 Å². The number of allylic oxidation sites excluding steroid dienone is 1. The lowest BCUT2D eigenvalue weighted by molar-refractivity contribution is -0.141. The quantitative estimate of drug-likeness (QED) is 0.202. The summed E-state index contributed by atoms with van der Waals surface area (Å²) in [4.78, 5) is 67.9. The zero-order valence-electron chi connectivity index (χ0n) is 33.8. The van der Waals surface area contributed by atoms with Gasteiger partial charge in [0.2, 0.25) is 27.4 Å². The number of amides is 5. The number of benzene rings is 2. The van der Waals surface area contributed by atoms with E-state index in [0.717, 1.165) is 18.6 Å². The summed E-state index contributed by atoms with van der Waals surface area (Å²) in [5.41, 5.74) is -1.33. The van der Waals surface area contributed by atoms with E-state index in [1.165, 1.54) is 36.0 Å². The molecule has 5 amide bonds. The fourth-order valence-electron chi connectivity index (χ4n) is 7.97. The number of urea groups is 1. The van der Waals surface area contributed by atoms with Crippen LogP contribution in [0, 0.1) is 5.92 Å². The predicted octanol–water partition coefficient (Wildman–Crippen LogP) is 5.44. The summed E-state index contributed by atoms with van der Waals surface area (Å²) in [6, 6.07) is 8.52. The molecule has 0 bridgehead atoms. The van der Waals surface area contributed by atoms with Crippen LogP contribution in [0.4, 0.5) is 18.0 Å². The highest BCUT2D eigenvalue weighted by Crippen LogP contribution is 2.48. The summed E-state index contributed by atoms with van der Waals surface area (Å²) in [6.07, 6.45) is 1.97. The fraction of sp³-hybridized carbons (Fsp3) is 0.476. The van der Waals surface area contributed by atoms with Crippen molar-refractivity contribution < 1.29 is 49.9 Å². The van der Waals surface area contributed by atoms with Crippen molar-refractivity contribution in [1.29, 1.82) is 0 Å². The maximum atomic E-state index is 14.6. The van der Waals surface area contributed by atoms with Crippen LogP contribution in [0.3, 0.4) is 0 Å². The van der Waals surface area contributed by atoms with E-state index < -0.39 is 79.9 Å². The van der Waals surface area contributed by atoms with Crippen LogP contribution in [0.5, 0.6) is 5.88 Å². The highest BCUT2D eigenvalue weighted by Gasteiger charge is 2.63. The summed E-state index contributed by atoms with van der Waals surface area (Å²) in [6.45, 7) is 1.37. The molecule has 4 aliphatic rings. The smallest absolute Gasteiger partial charge is 0.416 e. The minimum Gasteiger partial charge on any atom is -0.470 e. The van der Waals surface area contributed by atoms with Crippen molar-refractivity contribution >= 4 is 55.8 Å². The molecule has 61 heavy (non-hydrogen) atoms. The molecule has 0 radical (unpaired) electrons. The van der Waals surface area contributed by atoms with Gasteiger partial charge in [-0.05, 0) is 69.7 Å². The Balaban J connectivity index is 1.15. The van der Waals surface area contributed by atoms with E-state index in [1.54, 1.807) is 31.2 Å². The molecular formula is C42H46F3N7O8S. The van der Waals surface area contributed by atoms with Crippen LogP contribution in [0.15, 0.2) is 65.1 Å². The number of rotatable bonds is 7. The van der Waals surface area contributed by atoms with E-state index in [2.05, 4.69) is 25.3 Å². The van der Waals surface area contributed by atoms with Gasteiger partial charge in [-0.15, -0.1) is 0 Å². The van der Waals surface area contributed by atoms with E-state index in [9.17, 15) is 40.8 Å². The summed E-state index contributed by atoms with van der Waals surface area (Å²) in [5, 5.41) is 6.21. The molecule has 2 aromatic carbocycles. The van der Waals surface area contributed by atoms with Crippen molar-refractivity contribution in [1.82, 2.24) is 35.1 Å². The van der Waals surface area contributed by atoms with Crippen LogP contribution in [0.2, 0.25) is 0 Å². The van der Waals surface area contributed by atoms with Gasteiger partial charge >= 0.3 is 12.2 Å². The van der Waals surface area contributed by atoms with Gasteiger partial charge in [-0.3, -0.25) is 19.1 Å². The maximum Gasteiger partial charge on any atom is 0.416 e. The number of ether oxygens (including phenoxy) is 1. The minimum atomic E-state index is -4.57. The van der Waals surface area contributed by atoms with Gasteiger partial charge in [0.05, 0.1) is 16.9 Å². The fourth-order valence-corrected chi connectivity index (χ4v) is 9.28. The summed E-state index contributed by atoms with van der Waals surface area (Å²) in [7, 11) is -0.988. The zero-order valence-corrected chi connectivity index (χ0v) is 34.6. The van der Waals surface area contributed by atoms with Crippen LogP contribution < -0.4 is 20.1 Å². The summed E-state index contributed by atoms with van der Waals surface area (Å²) >= 11 is 0. The minimum absolute atomic E-state index is 0.0340. The number of nitrogens with zero attached hydrogens (tertiary/aromatic N) is 4. The van der Waals surface area contributed by atoms with Gasteiger partial charge in [-0.2, -0.15) is 18.2 Å². The van der Waals surface area contributed by atoms with Crippen LogP contribution in [-0.4, -0.2) is 101 Å². The molecule has 15 nitrogen and oxygen atoms in total. The normalized spacial score (nSPS) is 25.4. The average molecular weight is 866 g/mol. The number of carbonyl (C=O) groups is 4. The topological polar surface area (TPSA) is 193 Å². The highest BCUT2D eigenvalue weighted by atomic mass is 32.2. The van der Waals surface area contributed by atoms with Crippen LogP contribution >= 0.6 is 0 Å². The molecule has 4 heterocycles. The number of fused-ring (bicyclic) bond motifs is 5. The molecule has 5 atom stereocenters. The Kier molecular flexibility index (Phi) is 10.8. The lowest BCUT2D eigenvalue weighted by Crippen LogP contribution is -2.59. The lowest BCUT2D eigenvalue weighted by atomic mass is 10.0. The second kappa shape index (κ2) is 15.6. The van der Waals surface area contributed by atoms with Crippen molar-refractivity contribution in [3.8, 4) is 17.3 Å². The molecule has 0 spiro atoms. The van der Waals surface area contributed by atoms with Gasteiger partial charge in [0.25, 0.3) is 11.8 Å². The number of sulfonamides is 1. The van der Waals surface area contributed by atoms with E-state index in [0.29, 0.717) is 48.6 Å². The Bertz CT molecular complexity index is 2540. The molecular weight excluding hydrogens is 820 g/mol. The van der Waals surface area contributed by atoms with Crippen molar-refractivity contribution in [3.63, 3.8) is 0 Å². The monoisotopic (exact) mass is 865 g/mol. The number of carbonyl (C=O) groups excluding carboxylic acids is 4. The van der Waals surface area contributed by atoms with E-state index in [4.69, 9.17) is 9.15 Å². The van der Waals surface area contributed by atoms with Crippen molar-refractivity contribution in [2.24, 2.45) is 5.92 Å². The molecule has 1 saturated heterocycles. The standard InChI is InChI=1S/C42H46F3N7O8S/c1-40(19-20-40)61(57,58)50-38(55)41-22-26(41)11-7-5-4-6-8-13-29(46-39(56)51(2)3)37(54)52-23-27(21-30(52)35(53)49-41)59-36-33-32(28-12-9-10-14-31(28)60-33)47-34(48-36)24-15-17-25(18-16-24)42(43,44)45/h7,9-12,14-18,26-27,29-30H,4-6,8,13,19-23H2,1-3H3,(H,46,56)(H,49,53)(H,50,55)/t26-,27-,29+,30+,41-/m1/s1. The number of nitrogens with one attached hydrogen (secondary N) is 3. The molecule has 2 aromatic heterocycles. The first-order valence-electron chi connectivity index (χ1n) is 20.3. The second-order valence-corrected chi connectivity index (χ2v) is 19.0. The first-order chi connectivity index (χ1) is 28.9. The number of para-hydroxylation sites is 1. The Morgan fingerprint density at radius 3 is 2.48 bits per heavy atom. The third-order valence-electron chi connectivity index (χ3n) is 12.1. The molecule has 3 fully saturated rings. The Labute approximate surface area is 349 Å². The van der Waals surface area contributed by atoms with Gasteiger partial charge in [0, 0.05) is 37.4 Å². The van der Waals surface area contributed by atoms with Crippen LogP contribution in [0.25, 0.3) is 33.5 Å². The number of halogens is 3. The first-order valence-corrected chi connectivity index (χ1v) is 21.7. The largest absolute Gasteiger partial charge is 0.470 e. The van der Waals surface area contributed by atoms with Crippen LogP contribution in [0.1, 0.15) is 70.3 Å². The van der Waals surface area contributed by atoms with Gasteiger partial charge in [0.1, 0.15) is 34.8 Å². The van der Waals surface area contributed by atoms with Gasteiger partial charge in [-0.1, -0.05) is 49.3 Å². The number of aromatic nitrogens is 2. The third-order valence-corrected chi connectivity index (χ3v) is 14.3. The third kappa shape index (κ3) is 8.23. The summed E-state index contributed by atoms with van der Waals surface area (Å²) < 4.78 is 80.6. The van der Waals surface area contributed by atoms with E-state index >= 15 is 0 Å². The molecule has 0 unspecified atom stereocenters. The molecule has 4 aromatic rings. The number of hydrogen-bond donors (Lipinski definition) is 3. The van der Waals surface area contributed by atoms with Crippen molar-refractivity contribution in [2.75, 3.05) is 20.6 Å². The molecule has 2 aliphatic heterocycles. The maximum absolute atomic E-state index is 14.6.